The van der Waals surface area contributed by atoms with Crippen molar-refractivity contribution < 1.29 is 4.74 Å². The highest BCUT2D eigenvalue weighted by atomic mass is 32.1. The van der Waals surface area contributed by atoms with Crippen molar-refractivity contribution in [1.29, 1.82) is 0 Å². The van der Waals surface area contributed by atoms with Gasteiger partial charge in [-0.2, -0.15) is 0 Å². The molecule has 0 atom stereocenters. The summed E-state index contributed by atoms with van der Waals surface area (Å²) in [7, 11) is 1.70. The van der Waals surface area contributed by atoms with Crippen LogP contribution in [0.1, 0.15) is 6.92 Å². The summed E-state index contributed by atoms with van der Waals surface area (Å²) in [5, 5.41) is 7.19. The van der Waals surface area contributed by atoms with Crippen molar-refractivity contribution >= 4 is 18.2 Å². The van der Waals surface area contributed by atoms with Crippen molar-refractivity contribution in [2.24, 2.45) is 0 Å². The van der Waals surface area contributed by atoms with Crippen LogP contribution in [0.3, 0.4) is 0 Å². The number of hydrogen-bond donors (Lipinski definition) is 1. The summed E-state index contributed by atoms with van der Waals surface area (Å²) in [4.78, 5) is 2.13. The number of aromatic nitrogens is 3. The molecule has 102 valence electrons. The Balaban J connectivity index is 2.39. The average Bonchev–Trinajstić information content (AvgIpc) is 2.83. The van der Waals surface area contributed by atoms with Gasteiger partial charge < -0.3 is 9.64 Å². The van der Waals surface area contributed by atoms with Crippen molar-refractivity contribution in [3.63, 3.8) is 0 Å². The highest BCUT2D eigenvalue weighted by Crippen LogP contribution is 2.17. The van der Waals surface area contributed by atoms with E-state index in [0.29, 0.717) is 11.4 Å². The number of likely N-dealkylation sites (N-methyl/N-ethyl adjacent to an activating group) is 1. The Morgan fingerprint density at radius 1 is 1.37 bits per heavy atom. The normalized spacial score (nSPS) is 10.6. The second-order valence-electron chi connectivity index (χ2n) is 4.07. The fourth-order valence-corrected chi connectivity index (χ4v) is 2.14. The van der Waals surface area contributed by atoms with Crippen LogP contribution in [-0.2, 0) is 4.74 Å². The van der Waals surface area contributed by atoms with Crippen molar-refractivity contribution in [3.05, 3.63) is 35.1 Å². The molecular formula is C13H18N4OS. The molecule has 2 rings (SSSR count). The van der Waals surface area contributed by atoms with E-state index in [2.05, 4.69) is 22.0 Å². The summed E-state index contributed by atoms with van der Waals surface area (Å²) in [6.07, 6.45) is 0. The first-order chi connectivity index (χ1) is 9.27. The molecule has 0 fully saturated rings. The highest BCUT2D eigenvalue weighted by molar-refractivity contribution is 7.71. The number of nitrogens with one attached hydrogen (secondary N) is 1. The van der Waals surface area contributed by atoms with E-state index in [1.54, 1.807) is 7.11 Å². The number of rotatable bonds is 6. The molecule has 19 heavy (non-hydrogen) atoms. The Morgan fingerprint density at radius 2 is 2.11 bits per heavy atom. The molecule has 0 spiro atoms. The Hall–Kier alpha value is -1.66. The number of nitrogens with zero attached hydrogens (tertiary/aromatic N) is 3. The SMILES string of the molecule is CCN(CCOC)c1n[nH]c(=S)n1-c1ccccc1. The van der Waals surface area contributed by atoms with E-state index < -0.39 is 0 Å². The van der Waals surface area contributed by atoms with Crippen LogP contribution in [0.15, 0.2) is 30.3 Å². The number of para-hydroxylation sites is 1. The zero-order valence-corrected chi connectivity index (χ0v) is 12.0. The van der Waals surface area contributed by atoms with Gasteiger partial charge in [0.05, 0.1) is 12.3 Å². The van der Waals surface area contributed by atoms with Crippen molar-refractivity contribution in [2.45, 2.75) is 6.92 Å². The van der Waals surface area contributed by atoms with Gasteiger partial charge in [0.15, 0.2) is 0 Å². The predicted octanol–water partition coefficient (Wildman–Crippen LogP) is 2.40. The topological polar surface area (TPSA) is 46.1 Å². The van der Waals surface area contributed by atoms with Crippen LogP contribution in [0.25, 0.3) is 5.69 Å². The number of aromatic amines is 1. The molecule has 0 aliphatic carbocycles. The van der Waals surface area contributed by atoms with Gasteiger partial charge in [-0.1, -0.05) is 18.2 Å². The molecule has 0 bridgehead atoms. The van der Waals surface area contributed by atoms with Crippen LogP contribution in [0, 0.1) is 4.77 Å². The van der Waals surface area contributed by atoms with Crippen LogP contribution < -0.4 is 4.90 Å². The molecule has 0 radical (unpaired) electrons. The van der Waals surface area contributed by atoms with Gasteiger partial charge in [-0.15, -0.1) is 5.10 Å². The van der Waals surface area contributed by atoms with Gasteiger partial charge in [0.25, 0.3) is 0 Å². The lowest BCUT2D eigenvalue weighted by atomic mass is 10.3. The molecule has 1 heterocycles. The predicted molar refractivity (Wildman–Crippen MR) is 78.5 cm³/mol. The minimum Gasteiger partial charge on any atom is -0.383 e. The van der Waals surface area contributed by atoms with Crippen LogP contribution in [0.4, 0.5) is 5.95 Å². The number of methoxy groups -OCH3 is 1. The monoisotopic (exact) mass is 278 g/mol. The van der Waals surface area contributed by atoms with E-state index in [0.717, 1.165) is 24.7 Å². The first-order valence-electron chi connectivity index (χ1n) is 6.24. The maximum absolute atomic E-state index is 5.32. The fraction of sp³-hybridized carbons (Fsp3) is 0.385. The molecule has 6 heteroatoms. The molecule has 0 aliphatic rings. The molecular weight excluding hydrogens is 260 g/mol. The summed E-state index contributed by atoms with van der Waals surface area (Å²) in [6.45, 7) is 4.36. The first-order valence-corrected chi connectivity index (χ1v) is 6.65. The van der Waals surface area contributed by atoms with Gasteiger partial charge in [0.2, 0.25) is 10.7 Å². The molecule has 1 aromatic carbocycles. The number of H-pyrrole nitrogens is 1. The zero-order chi connectivity index (χ0) is 13.7. The average molecular weight is 278 g/mol. The van der Waals surface area contributed by atoms with Gasteiger partial charge in [-0.25, -0.2) is 5.10 Å². The lowest BCUT2D eigenvalue weighted by molar-refractivity contribution is 0.205. The second-order valence-corrected chi connectivity index (χ2v) is 4.46. The van der Waals surface area contributed by atoms with Gasteiger partial charge >= 0.3 is 0 Å². The minimum atomic E-state index is 0.595. The minimum absolute atomic E-state index is 0.595. The van der Waals surface area contributed by atoms with Gasteiger partial charge in [0.1, 0.15) is 0 Å². The van der Waals surface area contributed by atoms with E-state index in [4.69, 9.17) is 17.0 Å². The van der Waals surface area contributed by atoms with Crippen LogP contribution >= 0.6 is 12.2 Å². The van der Waals surface area contributed by atoms with E-state index in [-0.39, 0.29) is 0 Å². The molecule has 5 nitrogen and oxygen atoms in total. The van der Waals surface area contributed by atoms with E-state index in [1.165, 1.54) is 0 Å². The van der Waals surface area contributed by atoms with Crippen LogP contribution in [-0.4, -0.2) is 41.6 Å². The molecule has 0 aliphatic heterocycles. The third kappa shape index (κ3) is 3.02. The van der Waals surface area contributed by atoms with E-state index in [1.807, 2.05) is 34.9 Å². The van der Waals surface area contributed by atoms with Crippen molar-refractivity contribution in [1.82, 2.24) is 14.8 Å². The molecule has 0 saturated carbocycles. The summed E-state index contributed by atoms with van der Waals surface area (Å²) in [5.74, 6) is 0.816. The van der Waals surface area contributed by atoms with Crippen molar-refractivity contribution in [2.75, 3.05) is 31.7 Å². The first kappa shape index (κ1) is 13.8. The van der Waals surface area contributed by atoms with Gasteiger partial charge in [-0.3, -0.25) is 4.57 Å². The smallest absolute Gasteiger partial charge is 0.230 e. The van der Waals surface area contributed by atoms with Crippen LogP contribution in [0.2, 0.25) is 0 Å². The third-order valence-corrected chi connectivity index (χ3v) is 3.17. The maximum Gasteiger partial charge on any atom is 0.230 e. The molecule has 1 N–H and O–H groups in total. The highest BCUT2D eigenvalue weighted by Gasteiger charge is 2.14. The van der Waals surface area contributed by atoms with Gasteiger partial charge in [-0.05, 0) is 31.3 Å². The number of hydrogen-bond acceptors (Lipinski definition) is 4. The van der Waals surface area contributed by atoms with Gasteiger partial charge in [0, 0.05) is 20.2 Å². The molecule has 1 aromatic heterocycles. The zero-order valence-electron chi connectivity index (χ0n) is 11.2. The molecule has 0 unspecified atom stereocenters. The van der Waals surface area contributed by atoms with E-state index >= 15 is 0 Å². The van der Waals surface area contributed by atoms with Crippen LogP contribution in [0.5, 0.6) is 0 Å². The Labute approximate surface area is 117 Å². The number of benzene rings is 1. The maximum atomic E-state index is 5.32. The Morgan fingerprint density at radius 3 is 2.74 bits per heavy atom. The Bertz CT molecular complexity index is 564. The number of ether oxygens (including phenoxy) is 1. The number of anilines is 1. The molecule has 2 aromatic rings. The quantitative estimate of drug-likeness (QED) is 0.824. The third-order valence-electron chi connectivity index (χ3n) is 2.90. The van der Waals surface area contributed by atoms with Crippen molar-refractivity contribution in [3.8, 4) is 5.69 Å². The largest absolute Gasteiger partial charge is 0.383 e. The van der Waals surface area contributed by atoms with E-state index in [9.17, 15) is 0 Å². The second kappa shape index (κ2) is 6.49. The Kier molecular flexibility index (Phi) is 4.70. The standard InChI is InChI=1S/C13H18N4OS/c1-3-16(9-10-18-2)12-14-15-13(19)17(12)11-7-5-4-6-8-11/h4-8H,3,9-10H2,1-2H3,(H,15,19). The fourth-order valence-electron chi connectivity index (χ4n) is 1.91. The lowest BCUT2D eigenvalue weighted by Gasteiger charge is -2.21. The lowest BCUT2D eigenvalue weighted by Crippen LogP contribution is -2.29. The molecule has 0 amide bonds. The summed E-state index contributed by atoms with van der Waals surface area (Å²) in [5.41, 5.74) is 1.01. The molecule has 0 saturated heterocycles. The summed E-state index contributed by atoms with van der Waals surface area (Å²) < 4.78 is 7.67. The summed E-state index contributed by atoms with van der Waals surface area (Å²) >= 11 is 5.32. The summed E-state index contributed by atoms with van der Waals surface area (Å²) in [6, 6.07) is 9.98.